The first-order valence-corrected chi connectivity index (χ1v) is 7.37. The molecule has 0 aliphatic carbocycles. The first-order chi connectivity index (χ1) is 11.1. The van der Waals surface area contributed by atoms with Crippen molar-refractivity contribution in [3.05, 3.63) is 52.5 Å². The number of nitrogens with zero attached hydrogens (tertiary/aromatic N) is 1. The number of methoxy groups -OCH3 is 2. The van der Waals surface area contributed by atoms with Crippen molar-refractivity contribution in [3.8, 4) is 11.5 Å². The molecule has 2 aromatic rings. The third-order valence-corrected chi connectivity index (χ3v) is 3.78. The van der Waals surface area contributed by atoms with E-state index in [-0.39, 0.29) is 12.5 Å². The Bertz CT molecular complexity index is 802. The number of benzodiazepines with no additional fused rings is 1. The number of hydrogen-bond acceptors (Lipinski definition) is 4. The predicted octanol–water partition coefficient (Wildman–Crippen LogP) is 3.15. The number of halogens is 1. The van der Waals surface area contributed by atoms with Gasteiger partial charge < -0.3 is 14.8 Å². The smallest absolute Gasteiger partial charge is 0.246 e. The molecule has 0 spiro atoms. The Balaban J connectivity index is 2.16. The van der Waals surface area contributed by atoms with E-state index >= 15 is 0 Å². The minimum Gasteiger partial charge on any atom is -0.493 e. The lowest BCUT2D eigenvalue weighted by Gasteiger charge is -2.13. The summed E-state index contributed by atoms with van der Waals surface area (Å²) >= 11 is 6.11. The van der Waals surface area contributed by atoms with Crippen LogP contribution in [0, 0.1) is 0 Å². The molecule has 118 valence electrons. The second-order valence-electron chi connectivity index (χ2n) is 4.97. The van der Waals surface area contributed by atoms with Crippen molar-refractivity contribution >= 4 is 28.9 Å². The third-order valence-electron chi connectivity index (χ3n) is 3.55. The van der Waals surface area contributed by atoms with Crippen molar-refractivity contribution in [1.82, 2.24) is 0 Å². The number of carbonyl (C=O) groups is 1. The number of nitrogens with one attached hydrogen (secondary N) is 1. The van der Waals surface area contributed by atoms with Crippen LogP contribution in [0.25, 0.3) is 0 Å². The standard InChI is InChI=1S/C17H15ClN2O3/c1-22-14-6-3-10(7-15(14)23-2)17-12-8-11(18)4-5-13(12)20-16(21)9-19-17/h3-8H,9H2,1-2H3,(H,20,21). The second-order valence-corrected chi connectivity index (χ2v) is 5.41. The normalized spacial score (nSPS) is 13.5. The highest BCUT2D eigenvalue weighted by Crippen LogP contribution is 2.31. The highest BCUT2D eigenvalue weighted by Gasteiger charge is 2.19. The number of carbonyl (C=O) groups excluding carboxylic acids is 1. The molecule has 0 unspecified atom stereocenters. The Morgan fingerprint density at radius 3 is 2.61 bits per heavy atom. The van der Waals surface area contributed by atoms with Gasteiger partial charge in [0, 0.05) is 16.1 Å². The van der Waals surface area contributed by atoms with Gasteiger partial charge in [-0.2, -0.15) is 0 Å². The zero-order valence-electron chi connectivity index (χ0n) is 12.7. The number of fused-ring (bicyclic) bond motifs is 1. The van der Waals surface area contributed by atoms with Crippen LogP contribution < -0.4 is 14.8 Å². The number of rotatable bonds is 3. The molecule has 1 aliphatic heterocycles. The monoisotopic (exact) mass is 330 g/mol. The van der Waals surface area contributed by atoms with Gasteiger partial charge in [0.2, 0.25) is 5.91 Å². The van der Waals surface area contributed by atoms with Crippen molar-refractivity contribution in [3.63, 3.8) is 0 Å². The van der Waals surface area contributed by atoms with Gasteiger partial charge >= 0.3 is 0 Å². The van der Waals surface area contributed by atoms with Gasteiger partial charge in [-0.25, -0.2) is 0 Å². The summed E-state index contributed by atoms with van der Waals surface area (Å²) in [5.41, 5.74) is 2.96. The lowest BCUT2D eigenvalue weighted by atomic mass is 10.00. The average Bonchev–Trinajstić information content (AvgIpc) is 2.72. The molecule has 0 bridgehead atoms. The van der Waals surface area contributed by atoms with Crippen molar-refractivity contribution in [1.29, 1.82) is 0 Å². The number of ether oxygens (including phenoxy) is 2. The van der Waals surface area contributed by atoms with Crippen molar-refractivity contribution in [2.45, 2.75) is 0 Å². The van der Waals surface area contributed by atoms with Crippen LogP contribution in [0.4, 0.5) is 5.69 Å². The summed E-state index contributed by atoms with van der Waals surface area (Å²) in [6.45, 7) is 0.0516. The molecule has 1 N–H and O–H groups in total. The molecule has 23 heavy (non-hydrogen) atoms. The first kappa shape index (κ1) is 15.4. The van der Waals surface area contributed by atoms with Crippen LogP contribution in [0.1, 0.15) is 11.1 Å². The molecule has 0 radical (unpaired) electrons. The summed E-state index contributed by atoms with van der Waals surface area (Å²) in [6.07, 6.45) is 0. The van der Waals surface area contributed by atoms with E-state index in [4.69, 9.17) is 21.1 Å². The fraction of sp³-hybridized carbons (Fsp3) is 0.176. The number of anilines is 1. The highest BCUT2D eigenvalue weighted by molar-refractivity contribution is 6.32. The molecule has 6 heteroatoms. The summed E-state index contributed by atoms with van der Waals surface area (Å²) in [6, 6.07) is 10.8. The van der Waals surface area contributed by atoms with Crippen LogP contribution in [0.5, 0.6) is 11.5 Å². The van der Waals surface area contributed by atoms with Gasteiger partial charge in [0.25, 0.3) is 0 Å². The SMILES string of the molecule is COc1ccc(C2=NCC(=O)Nc3ccc(Cl)cc32)cc1OC. The van der Waals surface area contributed by atoms with E-state index in [9.17, 15) is 4.79 Å². The van der Waals surface area contributed by atoms with Gasteiger partial charge in [0.15, 0.2) is 11.5 Å². The molecule has 0 aromatic heterocycles. The summed E-state index contributed by atoms with van der Waals surface area (Å²) in [4.78, 5) is 16.3. The van der Waals surface area contributed by atoms with Crippen LogP contribution >= 0.6 is 11.6 Å². The Labute approximate surface area is 138 Å². The second kappa shape index (κ2) is 6.30. The molecule has 5 nitrogen and oxygen atoms in total. The van der Waals surface area contributed by atoms with E-state index in [0.717, 1.165) is 11.1 Å². The van der Waals surface area contributed by atoms with Crippen LogP contribution in [0.3, 0.4) is 0 Å². The topological polar surface area (TPSA) is 59.9 Å². The first-order valence-electron chi connectivity index (χ1n) is 6.99. The predicted molar refractivity (Wildman–Crippen MR) is 90.1 cm³/mol. The summed E-state index contributed by atoms with van der Waals surface area (Å²) in [5.74, 6) is 1.06. The van der Waals surface area contributed by atoms with Crippen LogP contribution in [-0.4, -0.2) is 32.4 Å². The fourth-order valence-corrected chi connectivity index (χ4v) is 2.65. The largest absolute Gasteiger partial charge is 0.493 e. The Kier molecular flexibility index (Phi) is 4.21. The van der Waals surface area contributed by atoms with Crippen molar-refractivity contribution in [2.75, 3.05) is 26.1 Å². The minimum absolute atomic E-state index is 0.0516. The van der Waals surface area contributed by atoms with E-state index < -0.39 is 0 Å². The van der Waals surface area contributed by atoms with Crippen molar-refractivity contribution in [2.24, 2.45) is 4.99 Å². The molecule has 0 fully saturated rings. The van der Waals surface area contributed by atoms with Crippen LogP contribution in [-0.2, 0) is 4.79 Å². The maximum Gasteiger partial charge on any atom is 0.246 e. The van der Waals surface area contributed by atoms with E-state index in [1.807, 2.05) is 12.1 Å². The zero-order chi connectivity index (χ0) is 16.4. The summed E-state index contributed by atoms with van der Waals surface area (Å²) in [7, 11) is 3.16. The Hall–Kier alpha value is -2.53. The number of amides is 1. The van der Waals surface area contributed by atoms with Gasteiger partial charge in [0.1, 0.15) is 6.54 Å². The van der Waals surface area contributed by atoms with Crippen molar-refractivity contribution < 1.29 is 14.3 Å². The third kappa shape index (κ3) is 3.00. The molecule has 0 atom stereocenters. The molecule has 0 saturated heterocycles. The summed E-state index contributed by atoms with van der Waals surface area (Å²) in [5, 5.41) is 3.41. The molecule has 3 rings (SSSR count). The molecule has 1 heterocycles. The van der Waals surface area contributed by atoms with Gasteiger partial charge in [-0.05, 0) is 36.4 Å². The maximum atomic E-state index is 11.8. The lowest BCUT2D eigenvalue weighted by Crippen LogP contribution is -2.13. The molecule has 2 aromatic carbocycles. The van der Waals surface area contributed by atoms with Gasteiger partial charge in [-0.15, -0.1) is 0 Å². The van der Waals surface area contributed by atoms with Gasteiger partial charge in [-0.3, -0.25) is 9.79 Å². The quantitative estimate of drug-likeness (QED) is 0.940. The van der Waals surface area contributed by atoms with E-state index in [0.29, 0.717) is 27.9 Å². The zero-order valence-corrected chi connectivity index (χ0v) is 13.5. The maximum absolute atomic E-state index is 11.8. The fourth-order valence-electron chi connectivity index (χ4n) is 2.48. The Morgan fingerprint density at radius 1 is 1.09 bits per heavy atom. The van der Waals surface area contributed by atoms with Gasteiger partial charge in [0.05, 0.1) is 25.6 Å². The Morgan fingerprint density at radius 2 is 1.87 bits per heavy atom. The summed E-state index contributed by atoms with van der Waals surface area (Å²) < 4.78 is 10.6. The van der Waals surface area contributed by atoms with Crippen LogP contribution in [0.15, 0.2) is 41.4 Å². The van der Waals surface area contributed by atoms with E-state index in [2.05, 4.69) is 10.3 Å². The lowest BCUT2D eigenvalue weighted by molar-refractivity contribution is -0.114. The molecule has 1 aliphatic rings. The number of hydrogen-bond donors (Lipinski definition) is 1. The number of benzene rings is 2. The number of aliphatic imine (C=N–C) groups is 1. The molecule has 0 saturated carbocycles. The molecular weight excluding hydrogens is 316 g/mol. The molecule has 1 amide bonds. The van der Waals surface area contributed by atoms with Gasteiger partial charge in [-0.1, -0.05) is 11.6 Å². The van der Waals surface area contributed by atoms with Crippen LogP contribution in [0.2, 0.25) is 5.02 Å². The minimum atomic E-state index is -0.163. The molecular formula is C17H15ClN2O3. The average molecular weight is 331 g/mol. The highest BCUT2D eigenvalue weighted by atomic mass is 35.5. The van der Waals surface area contributed by atoms with E-state index in [1.54, 1.807) is 38.5 Å². The van der Waals surface area contributed by atoms with E-state index in [1.165, 1.54) is 0 Å².